The van der Waals surface area contributed by atoms with E-state index in [1.54, 1.807) is 6.07 Å². The molecule has 0 radical (unpaired) electrons. The number of nitrogens with one attached hydrogen (secondary N) is 2. The number of carbonyl (C=O) groups is 1. The maximum absolute atomic E-state index is 12.1. The van der Waals surface area contributed by atoms with Crippen LogP contribution in [0.25, 0.3) is 0 Å². The first-order chi connectivity index (χ1) is 13.9. The number of rotatable bonds is 7. The molecule has 0 unspecified atom stereocenters. The SMILES string of the molecule is Cc1ccc(C)c(NCc2ccc(OCC(=O)Nc3ccc(C)c(Cl)c3)cc2)c1. The summed E-state index contributed by atoms with van der Waals surface area (Å²) >= 11 is 6.08. The van der Waals surface area contributed by atoms with Gasteiger partial charge in [-0.2, -0.15) is 0 Å². The molecule has 0 fully saturated rings. The molecule has 0 aliphatic heterocycles. The maximum Gasteiger partial charge on any atom is 0.262 e. The fourth-order valence-corrected chi connectivity index (χ4v) is 3.02. The van der Waals surface area contributed by atoms with E-state index in [9.17, 15) is 4.79 Å². The van der Waals surface area contributed by atoms with Crippen LogP contribution in [0.3, 0.4) is 0 Å². The van der Waals surface area contributed by atoms with Gasteiger partial charge in [0.25, 0.3) is 5.91 Å². The van der Waals surface area contributed by atoms with E-state index in [-0.39, 0.29) is 12.5 Å². The van der Waals surface area contributed by atoms with E-state index in [0.29, 0.717) is 16.5 Å². The lowest BCUT2D eigenvalue weighted by atomic mass is 10.1. The largest absolute Gasteiger partial charge is 0.484 e. The summed E-state index contributed by atoms with van der Waals surface area (Å²) in [6, 6.07) is 19.5. The van der Waals surface area contributed by atoms with Crippen molar-refractivity contribution in [2.45, 2.75) is 27.3 Å². The van der Waals surface area contributed by atoms with Crippen LogP contribution < -0.4 is 15.4 Å². The van der Waals surface area contributed by atoms with Gasteiger partial charge in [-0.3, -0.25) is 4.79 Å². The molecule has 0 saturated carbocycles. The molecule has 5 heteroatoms. The third-order valence-corrected chi connectivity index (χ3v) is 5.03. The first-order valence-electron chi connectivity index (χ1n) is 9.49. The van der Waals surface area contributed by atoms with Crippen molar-refractivity contribution in [1.82, 2.24) is 0 Å². The van der Waals surface area contributed by atoms with Crippen LogP contribution in [0.15, 0.2) is 60.7 Å². The fraction of sp³-hybridized carbons (Fsp3) is 0.208. The molecule has 3 aromatic rings. The van der Waals surface area contributed by atoms with E-state index >= 15 is 0 Å². The molecule has 3 aromatic carbocycles. The molecule has 0 bridgehead atoms. The number of carbonyl (C=O) groups excluding carboxylic acids is 1. The molecule has 0 heterocycles. The predicted molar refractivity (Wildman–Crippen MR) is 120 cm³/mol. The lowest BCUT2D eigenvalue weighted by Gasteiger charge is -2.12. The molecule has 2 N–H and O–H groups in total. The Bertz CT molecular complexity index is 1000. The highest BCUT2D eigenvalue weighted by Gasteiger charge is 2.06. The number of amides is 1. The summed E-state index contributed by atoms with van der Waals surface area (Å²) in [5, 5.41) is 6.86. The molecule has 4 nitrogen and oxygen atoms in total. The van der Waals surface area contributed by atoms with Crippen LogP contribution in [0.4, 0.5) is 11.4 Å². The molecule has 0 aliphatic rings. The fourth-order valence-electron chi connectivity index (χ4n) is 2.84. The van der Waals surface area contributed by atoms with Crippen molar-refractivity contribution >= 4 is 28.9 Å². The number of aryl methyl sites for hydroxylation is 3. The zero-order chi connectivity index (χ0) is 20.8. The standard InChI is InChI=1S/C24H25ClN2O2/c1-16-4-5-18(3)23(12-16)26-14-19-7-10-21(11-8-19)29-15-24(28)27-20-9-6-17(2)22(25)13-20/h4-13,26H,14-15H2,1-3H3,(H,27,28). The monoisotopic (exact) mass is 408 g/mol. The van der Waals surface area contributed by atoms with Gasteiger partial charge >= 0.3 is 0 Å². The molecule has 150 valence electrons. The Morgan fingerprint density at radius 1 is 0.931 bits per heavy atom. The maximum atomic E-state index is 12.1. The molecule has 0 saturated heterocycles. The summed E-state index contributed by atoms with van der Waals surface area (Å²) in [6.07, 6.45) is 0. The molecular formula is C24H25ClN2O2. The van der Waals surface area contributed by atoms with Gasteiger partial charge in [-0.25, -0.2) is 0 Å². The number of halogens is 1. The lowest BCUT2D eigenvalue weighted by molar-refractivity contribution is -0.118. The molecule has 29 heavy (non-hydrogen) atoms. The smallest absolute Gasteiger partial charge is 0.262 e. The molecule has 0 aliphatic carbocycles. The Morgan fingerprint density at radius 2 is 1.66 bits per heavy atom. The quantitative estimate of drug-likeness (QED) is 0.512. The van der Waals surface area contributed by atoms with Gasteiger partial charge in [0.15, 0.2) is 6.61 Å². The second kappa shape index (κ2) is 9.48. The van der Waals surface area contributed by atoms with Crippen LogP contribution in [0.1, 0.15) is 22.3 Å². The minimum absolute atomic E-state index is 0.0639. The van der Waals surface area contributed by atoms with Gasteiger partial charge in [0.1, 0.15) is 5.75 Å². The lowest BCUT2D eigenvalue weighted by Crippen LogP contribution is -2.20. The summed E-state index contributed by atoms with van der Waals surface area (Å²) in [7, 11) is 0. The third kappa shape index (κ3) is 6.00. The molecule has 0 atom stereocenters. The Kier molecular flexibility index (Phi) is 6.78. The second-order valence-corrected chi connectivity index (χ2v) is 7.52. The Balaban J connectivity index is 1.49. The zero-order valence-electron chi connectivity index (χ0n) is 16.9. The van der Waals surface area contributed by atoms with Crippen molar-refractivity contribution in [2.75, 3.05) is 17.2 Å². The Labute approximate surface area is 176 Å². The first-order valence-corrected chi connectivity index (χ1v) is 9.87. The van der Waals surface area contributed by atoms with E-state index in [1.165, 1.54) is 11.1 Å². The summed E-state index contributed by atoms with van der Waals surface area (Å²) < 4.78 is 5.58. The number of benzene rings is 3. The van der Waals surface area contributed by atoms with E-state index in [4.69, 9.17) is 16.3 Å². The van der Waals surface area contributed by atoms with Crippen LogP contribution >= 0.6 is 11.6 Å². The number of hydrogen-bond acceptors (Lipinski definition) is 3. The average molecular weight is 409 g/mol. The van der Waals surface area contributed by atoms with Crippen LogP contribution in [0.2, 0.25) is 5.02 Å². The van der Waals surface area contributed by atoms with Gasteiger partial charge in [0.05, 0.1) is 0 Å². The zero-order valence-corrected chi connectivity index (χ0v) is 17.6. The normalized spacial score (nSPS) is 10.5. The molecule has 0 aromatic heterocycles. The molecule has 3 rings (SSSR count). The van der Waals surface area contributed by atoms with Crippen molar-refractivity contribution in [2.24, 2.45) is 0 Å². The first kappa shape index (κ1) is 20.7. The van der Waals surface area contributed by atoms with Crippen LogP contribution in [0.5, 0.6) is 5.75 Å². The summed E-state index contributed by atoms with van der Waals surface area (Å²) in [4.78, 5) is 12.1. The second-order valence-electron chi connectivity index (χ2n) is 7.12. The number of ether oxygens (including phenoxy) is 1. The highest BCUT2D eigenvalue weighted by molar-refractivity contribution is 6.31. The van der Waals surface area contributed by atoms with Gasteiger partial charge in [0, 0.05) is 22.9 Å². The average Bonchev–Trinajstić information content (AvgIpc) is 2.71. The number of anilines is 2. The highest BCUT2D eigenvalue weighted by Crippen LogP contribution is 2.20. The van der Waals surface area contributed by atoms with Crippen molar-refractivity contribution in [3.05, 3.63) is 87.9 Å². The summed E-state index contributed by atoms with van der Waals surface area (Å²) in [5.41, 5.74) is 6.34. The topological polar surface area (TPSA) is 50.4 Å². The Morgan fingerprint density at radius 3 is 2.38 bits per heavy atom. The van der Waals surface area contributed by atoms with Gasteiger partial charge in [-0.1, -0.05) is 41.9 Å². The molecular weight excluding hydrogens is 384 g/mol. The minimum atomic E-state index is -0.231. The van der Waals surface area contributed by atoms with Crippen molar-refractivity contribution in [3.8, 4) is 5.75 Å². The summed E-state index contributed by atoms with van der Waals surface area (Å²) in [5.74, 6) is 0.420. The van der Waals surface area contributed by atoms with E-state index in [1.807, 2.05) is 43.3 Å². The van der Waals surface area contributed by atoms with Gasteiger partial charge in [-0.15, -0.1) is 0 Å². The van der Waals surface area contributed by atoms with Crippen molar-refractivity contribution in [1.29, 1.82) is 0 Å². The molecule has 0 spiro atoms. The van der Waals surface area contributed by atoms with E-state index in [0.717, 1.165) is 23.4 Å². The van der Waals surface area contributed by atoms with Crippen LogP contribution in [-0.2, 0) is 11.3 Å². The Hall–Kier alpha value is -2.98. The van der Waals surface area contributed by atoms with E-state index < -0.39 is 0 Å². The summed E-state index contributed by atoms with van der Waals surface area (Å²) in [6.45, 7) is 6.75. The van der Waals surface area contributed by atoms with Gasteiger partial charge < -0.3 is 15.4 Å². The van der Waals surface area contributed by atoms with Gasteiger partial charge in [0.2, 0.25) is 0 Å². The minimum Gasteiger partial charge on any atom is -0.484 e. The predicted octanol–water partition coefficient (Wildman–Crippen LogP) is 5.89. The highest BCUT2D eigenvalue weighted by atomic mass is 35.5. The van der Waals surface area contributed by atoms with Crippen molar-refractivity contribution in [3.63, 3.8) is 0 Å². The van der Waals surface area contributed by atoms with Gasteiger partial charge in [-0.05, 0) is 73.4 Å². The van der Waals surface area contributed by atoms with E-state index in [2.05, 4.69) is 42.7 Å². The van der Waals surface area contributed by atoms with Crippen molar-refractivity contribution < 1.29 is 9.53 Å². The van der Waals surface area contributed by atoms with Crippen LogP contribution in [0, 0.1) is 20.8 Å². The van der Waals surface area contributed by atoms with Crippen LogP contribution in [-0.4, -0.2) is 12.5 Å². The number of hydrogen-bond donors (Lipinski definition) is 2. The molecule has 1 amide bonds. The third-order valence-electron chi connectivity index (χ3n) is 4.62.